The van der Waals surface area contributed by atoms with Gasteiger partial charge in [0.05, 0.1) is 7.11 Å². The Morgan fingerprint density at radius 2 is 1.75 bits per heavy atom. The van der Waals surface area contributed by atoms with E-state index in [4.69, 9.17) is 24.6 Å². The predicted octanol–water partition coefficient (Wildman–Crippen LogP) is 4.07. The number of nitriles is 1. The van der Waals surface area contributed by atoms with E-state index in [2.05, 4.69) is 6.07 Å². The number of ether oxygens (including phenoxy) is 3. The van der Waals surface area contributed by atoms with Crippen molar-refractivity contribution < 1.29 is 24.1 Å². The quantitative estimate of drug-likeness (QED) is 0.421. The third kappa shape index (κ3) is 5.27. The van der Waals surface area contributed by atoms with Crippen LogP contribution in [0.5, 0.6) is 17.2 Å². The summed E-state index contributed by atoms with van der Waals surface area (Å²) in [5, 5.41) is 17.9. The number of aliphatic carboxylic acids is 1. The Hall–Kier alpha value is -3.46. The molecule has 0 unspecified atom stereocenters. The number of hydrogen-bond acceptors (Lipinski definition) is 5. The van der Waals surface area contributed by atoms with Crippen molar-refractivity contribution in [1.29, 1.82) is 5.26 Å². The maximum Gasteiger partial charge on any atom is 0.346 e. The molecule has 2 aromatic carbocycles. The monoisotopic (exact) mass is 381 g/mol. The largest absolute Gasteiger partial charge is 0.493 e. The van der Waals surface area contributed by atoms with Crippen molar-refractivity contribution >= 4 is 12.0 Å². The number of nitrogens with zero attached hydrogens (tertiary/aromatic N) is 1. The van der Waals surface area contributed by atoms with Crippen LogP contribution in [0.15, 0.2) is 35.9 Å². The second-order valence-electron chi connectivity index (χ2n) is 6.29. The first-order valence-electron chi connectivity index (χ1n) is 8.72. The van der Waals surface area contributed by atoms with Crippen LogP contribution in [0.2, 0.25) is 0 Å². The van der Waals surface area contributed by atoms with E-state index in [1.54, 1.807) is 24.3 Å². The third-order valence-electron chi connectivity index (χ3n) is 4.21. The maximum atomic E-state index is 11.0. The zero-order chi connectivity index (χ0) is 20.7. The van der Waals surface area contributed by atoms with Gasteiger partial charge in [-0.15, -0.1) is 0 Å². The molecule has 2 rings (SSSR count). The van der Waals surface area contributed by atoms with E-state index >= 15 is 0 Å². The molecule has 28 heavy (non-hydrogen) atoms. The smallest absolute Gasteiger partial charge is 0.346 e. The predicted molar refractivity (Wildman–Crippen MR) is 106 cm³/mol. The molecule has 0 atom stereocenters. The Bertz CT molecular complexity index is 941. The molecule has 6 heteroatoms. The lowest BCUT2D eigenvalue weighted by Gasteiger charge is -2.14. The normalized spacial score (nSPS) is 10.9. The van der Waals surface area contributed by atoms with E-state index in [0.29, 0.717) is 23.7 Å². The van der Waals surface area contributed by atoms with E-state index in [1.807, 2.05) is 26.8 Å². The first-order chi connectivity index (χ1) is 13.3. The lowest BCUT2D eigenvalue weighted by molar-refractivity contribution is -0.132. The average molecular weight is 381 g/mol. The molecule has 0 amide bonds. The summed E-state index contributed by atoms with van der Waals surface area (Å²) < 4.78 is 16.9. The molecule has 146 valence electrons. The van der Waals surface area contributed by atoms with Gasteiger partial charge in [0, 0.05) is 0 Å². The fourth-order valence-electron chi connectivity index (χ4n) is 2.66. The summed E-state index contributed by atoms with van der Waals surface area (Å²) in [5.41, 5.74) is 3.56. The summed E-state index contributed by atoms with van der Waals surface area (Å²) in [7, 11) is 1.52. The minimum absolute atomic E-state index is 0.278. The number of carboxylic acids is 1. The average Bonchev–Trinajstić information content (AvgIpc) is 2.66. The summed E-state index contributed by atoms with van der Waals surface area (Å²) >= 11 is 0. The van der Waals surface area contributed by atoms with E-state index in [9.17, 15) is 4.79 Å². The summed E-state index contributed by atoms with van der Waals surface area (Å²) in [6, 6.07) is 10.7. The van der Waals surface area contributed by atoms with Crippen LogP contribution in [-0.4, -0.2) is 31.4 Å². The first kappa shape index (κ1) is 20.8. The molecule has 0 radical (unpaired) electrons. The number of benzene rings is 2. The van der Waals surface area contributed by atoms with E-state index in [1.165, 1.54) is 18.7 Å². The second-order valence-corrected chi connectivity index (χ2v) is 6.29. The molecule has 0 aliphatic heterocycles. The summed E-state index contributed by atoms with van der Waals surface area (Å²) in [6.07, 6.45) is 1.28. The van der Waals surface area contributed by atoms with Gasteiger partial charge in [0.2, 0.25) is 0 Å². The van der Waals surface area contributed by atoms with Gasteiger partial charge < -0.3 is 19.3 Å². The van der Waals surface area contributed by atoms with Gasteiger partial charge in [-0.25, -0.2) is 4.79 Å². The van der Waals surface area contributed by atoms with Gasteiger partial charge in [-0.3, -0.25) is 0 Å². The Morgan fingerprint density at radius 1 is 1.07 bits per heavy atom. The van der Waals surface area contributed by atoms with Crippen molar-refractivity contribution in [3.63, 3.8) is 0 Å². The maximum absolute atomic E-state index is 11.0. The standard InChI is InChI=1S/C22H23NO5/c1-14-9-15(2)16(3)20(10-14)27-7-8-28-21-12-17(5-6-19(21)26-4)11-18(13-23)22(24)25/h5-6,9-12H,7-8H2,1-4H3,(H,24,25). The lowest BCUT2D eigenvalue weighted by Crippen LogP contribution is -2.10. The third-order valence-corrected chi connectivity index (χ3v) is 4.21. The van der Waals surface area contributed by atoms with E-state index < -0.39 is 5.97 Å². The number of hydrogen-bond donors (Lipinski definition) is 1. The molecule has 0 heterocycles. The number of rotatable bonds is 8. The molecule has 0 aliphatic rings. The topological polar surface area (TPSA) is 88.8 Å². The molecule has 0 fully saturated rings. The molecular weight excluding hydrogens is 358 g/mol. The highest BCUT2D eigenvalue weighted by Crippen LogP contribution is 2.29. The summed E-state index contributed by atoms with van der Waals surface area (Å²) in [4.78, 5) is 11.0. The van der Waals surface area contributed by atoms with Crippen molar-refractivity contribution in [2.45, 2.75) is 20.8 Å². The van der Waals surface area contributed by atoms with Gasteiger partial charge in [0.15, 0.2) is 11.5 Å². The Kier molecular flexibility index (Phi) is 7.05. The lowest BCUT2D eigenvalue weighted by atomic mass is 10.1. The Labute approximate surface area is 164 Å². The van der Waals surface area contributed by atoms with Gasteiger partial charge in [0.1, 0.15) is 30.6 Å². The van der Waals surface area contributed by atoms with E-state index in [0.717, 1.165) is 16.9 Å². The fourth-order valence-corrected chi connectivity index (χ4v) is 2.66. The zero-order valence-electron chi connectivity index (χ0n) is 16.4. The highest BCUT2D eigenvalue weighted by Gasteiger charge is 2.10. The minimum Gasteiger partial charge on any atom is -0.493 e. The fraction of sp³-hybridized carbons (Fsp3) is 0.273. The van der Waals surface area contributed by atoms with Gasteiger partial charge in [-0.2, -0.15) is 5.26 Å². The van der Waals surface area contributed by atoms with E-state index in [-0.39, 0.29) is 12.2 Å². The summed E-state index contributed by atoms with van der Waals surface area (Å²) in [6.45, 7) is 6.69. The number of aryl methyl sites for hydroxylation is 2. The molecule has 0 saturated heterocycles. The van der Waals surface area contributed by atoms with Crippen molar-refractivity contribution in [3.8, 4) is 23.3 Å². The first-order valence-corrected chi connectivity index (χ1v) is 8.72. The zero-order valence-corrected chi connectivity index (χ0v) is 16.4. The molecule has 0 bridgehead atoms. The highest BCUT2D eigenvalue weighted by atomic mass is 16.5. The molecule has 0 spiro atoms. The Balaban J connectivity index is 2.08. The molecule has 6 nitrogen and oxygen atoms in total. The van der Waals surface area contributed by atoms with Gasteiger partial charge in [0.25, 0.3) is 0 Å². The minimum atomic E-state index is -1.28. The van der Waals surface area contributed by atoms with Crippen molar-refractivity contribution in [1.82, 2.24) is 0 Å². The van der Waals surface area contributed by atoms with Crippen LogP contribution in [-0.2, 0) is 4.79 Å². The van der Waals surface area contributed by atoms with Crippen molar-refractivity contribution in [3.05, 3.63) is 58.2 Å². The molecule has 0 aliphatic carbocycles. The summed E-state index contributed by atoms with van der Waals surface area (Å²) in [5.74, 6) is 0.496. The van der Waals surface area contributed by atoms with Crippen LogP contribution in [0.3, 0.4) is 0 Å². The molecule has 2 aromatic rings. The SMILES string of the molecule is COc1ccc(C=C(C#N)C(=O)O)cc1OCCOc1cc(C)cc(C)c1C. The molecule has 1 N–H and O–H groups in total. The van der Waals surface area contributed by atoms with Crippen LogP contribution >= 0.6 is 0 Å². The molecule has 0 aromatic heterocycles. The second kappa shape index (κ2) is 9.47. The number of methoxy groups -OCH3 is 1. The van der Waals surface area contributed by atoms with Crippen LogP contribution in [0, 0.1) is 32.1 Å². The van der Waals surface area contributed by atoms with Gasteiger partial charge in [-0.05, 0) is 67.3 Å². The van der Waals surface area contributed by atoms with Gasteiger partial charge in [-0.1, -0.05) is 12.1 Å². The van der Waals surface area contributed by atoms with Crippen LogP contribution in [0.25, 0.3) is 6.08 Å². The van der Waals surface area contributed by atoms with Crippen LogP contribution in [0.4, 0.5) is 0 Å². The van der Waals surface area contributed by atoms with Crippen LogP contribution in [0.1, 0.15) is 22.3 Å². The number of carboxylic acid groups (broad SMARTS) is 1. The van der Waals surface area contributed by atoms with Crippen molar-refractivity contribution in [2.75, 3.05) is 20.3 Å². The van der Waals surface area contributed by atoms with Crippen LogP contribution < -0.4 is 14.2 Å². The Morgan fingerprint density at radius 3 is 2.36 bits per heavy atom. The van der Waals surface area contributed by atoms with Gasteiger partial charge >= 0.3 is 5.97 Å². The molecular formula is C22H23NO5. The number of carbonyl (C=O) groups is 1. The van der Waals surface area contributed by atoms with Crippen molar-refractivity contribution in [2.24, 2.45) is 0 Å². The highest BCUT2D eigenvalue weighted by molar-refractivity contribution is 5.96. The molecule has 0 saturated carbocycles.